The summed E-state index contributed by atoms with van der Waals surface area (Å²) in [7, 11) is 0. The SMILES string of the molecule is Cc1ccc2nc3c(c(C(=O)OCC(=O)c4ccc5c(c4)NC(=O)CO5)c2c1)CCCC3. The van der Waals surface area contributed by atoms with Crippen molar-refractivity contribution in [3.63, 3.8) is 0 Å². The van der Waals surface area contributed by atoms with Gasteiger partial charge in [0.25, 0.3) is 5.91 Å². The van der Waals surface area contributed by atoms with Crippen LogP contribution in [0.3, 0.4) is 0 Å². The molecule has 1 N–H and O–H groups in total. The number of esters is 1. The lowest BCUT2D eigenvalue weighted by Crippen LogP contribution is -2.25. The Morgan fingerprint density at radius 1 is 1.12 bits per heavy atom. The molecular formula is C25H22N2O5. The van der Waals surface area contributed by atoms with E-state index in [4.69, 9.17) is 14.5 Å². The van der Waals surface area contributed by atoms with Crippen LogP contribution in [0.1, 0.15) is 50.4 Å². The molecule has 0 spiro atoms. The Bertz CT molecular complexity index is 1280. The Morgan fingerprint density at radius 2 is 1.97 bits per heavy atom. The Morgan fingerprint density at radius 3 is 2.84 bits per heavy atom. The third kappa shape index (κ3) is 3.70. The zero-order valence-corrected chi connectivity index (χ0v) is 17.7. The summed E-state index contributed by atoms with van der Waals surface area (Å²) in [6, 6.07) is 10.6. The van der Waals surface area contributed by atoms with E-state index < -0.39 is 12.6 Å². The number of amides is 1. The van der Waals surface area contributed by atoms with Crippen molar-refractivity contribution in [1.82, 2.24) is 4.98 Å². The van der Waals surface area contributed by atoms with Gasteiger partial charge in [-0.15, -0.1) is 0 Å². The van der Waals surface area contributed by atoms with Crippen molar-refractivity contribution in [2.75, 3.05) is 18.5 Å². The fourth-order valence-electron chi connectivity index (χ4n) is 4.31. The predicted octanol–water partition coefficient (Wildman–Crippen LogP) is 3.79. The van der Waals surface area contributed by atoms with E-state index in [-0.39, 0.29) is 18.3 Å². The molecule has 1 aliphatic carbocycles. The minimum Gasteiger partial charge on any atom is -0.482 e. The number of carbonyl (C=O) groups excluding carboxylic acids is 3. The lowest BCUT2D eigenvalue weighted by atomic mass is 9.89. The van der Waals surface area contributed by atoms with E-state index in [0.29, 0.717) is 22.6 Å². The Labute approximate surface area is 184 Å². The van der Waals surface area contributed by atoms with E-state index >= 15 is 0 Å². The third-order valence-corrected chi connectivity index (χ3v) is 5.89. The van der Waals surface area contributed by atoms with Gasteiger partial charge in [0.2, 0.25) is 0 Å². The van der Waals surface area contributed by atoms with Gasteiger partial charge in [-0.2, -0.15) is 0 Å². The van der Waals surface area contributed by atoms with Gasteiger partial charge in [-0.3, -0.25) is 14.6 Å². The maximum atomic E-state index is 13.2. The molecular weight excluding hydrogens is 408 g/mol. The molecule has 0 unspecified atom stereocenters. The summed E-state index contributed by atoms with van der Waals surface area (Å²) in [6.07, 6.45) is 3.65. The summed E-state index contributed by atoms with van der Waals surface area (Å²) >= 11 is 0. The van der Waals surface area contributed by atoms with Crippen LogP contribution in [0, 0.1) is 6.92 Å². The highest BCUT2D eigenvalue weighted by molar-refractivity contribution is 6.07. The first-order chi connectivity index (χ1) is 15.5. The van der Waals surface area contributed by atoms with Crippen molar-refractivity contribution in [2.45, 2.75) is 32.6 Å². The van der Waals surface area contributed by atoms with Gasteiger partial charge in [0, 0.05) is 16.6 Å². The number of carbonyl (C=O) groups is 3. The molecule has 0 saturated carbocycles. The molecule has 3 aromatic rings. The van der Waals surface area contributed by atoms with Gasteiger partial charge >= 0.3 is 5.97 Å². The van der Waals surface area contributed by atoms with Crippen LogP contribution in [0.25, 0.3) is 10.9 Å². The number of hydrogen-bond acceptors (Lipinski definition) is 6. The second-order valence-corrected chi connectivity index (χ2v) is 8.19. The van der Waals surface area contributed by atoms with E-state index in [2.05, 4.69) is 5.32 Å². The molecule has 162 valence electrons. The number of anilines is 1. The van der Waals surface area contributed by atoms with Crippen LogP contribution in [-0.4, -0.2) is 35.9 Å². The molecule has 1 amide bonds. The summed E-state index contributed by atoms with van der Waals surface area (Å²) in [5, 5.41) is 3.44. The summed E-state index contributed by atoms with van der Waals surface area (Å²) in [6.45, 7) is 1.52. The van der Waals surface area contributed by atoms with Crippen LogP contribution in [0.4, 0.5) is 5.69 Å². The van der Waals surface area contributed by atoms with Gasteiger partial charge in [0.05, 0.1) is 16.8 Å². The highest BCUT2D eigenvalue weighted by Gasteiger charge is 2.25. The zero-order valence-electron chi connectivity index (χ0n) is 17.7. The lowest BCUT2D eigenvalue weighted by molar-refractivity contribution is -0.118. The number of hydrogen-bond donors (Lipinski definition) is 1. The molecule has 7 nitrogen and oxygen atoms in total. The quantitative estimate of drug-likeness (QED) is 0.500. The van der Waals surface area contributed by atoms with Gasteiger partial charge in [-0.1, -0.05) is 11.6 Å². The summed E-state index contributed by atoms with van der Waals surface area (Å²) in [5.74, 6) is -0.643. The van der Waals surface area contributed by atoms with Crippen molar-refractivity contribution in [3.8, 4) is 5.75 Å². The number of ketones is 1. The third-order valence-electron chi connectivity index (χ3n) is 5.89. The van der Waals surface area contributed by atoms with E-state index in [9.17, 15) is 14.4 Å². The number of fused-ring (bicyclic) bond motifs is 3. The second kappa shape index (κ2) is 8.07. The number of rotatable bonds is 4. The minimum absolute atomic E-state index is 0.0540. The van der Waals surface area contributed by atoms with Gasteiger partial charge in [-0.25, -0.2) is 4.79 Å². The first-order valence-corrected chi connectivity index (χ1v) is 10.7. The number of aryl methyl sites for hydroxylation is 2. The molecule has 2 aliphatic rings. The molecule has 1 aromatic heterocycles. The van der Waals surface area contributed by atoms with Crippen molar-refractivity contribution in [2.24, 2.45) is 0 Å². The smallest absolute Gasteiger partial charge is 0.339 e. The Balaban J connectivity index is 1.41. The van der Waals surface area contributed by atoms with Crippen LogP contribution in [0.2, 0.25) is 0 Å². The number of pyridine rings is 1. The fourth-order valence-corrected chi connectivity index (χ4v) is 4.31. The van der Waals surface area contributed by atoms with Gasteiger partial charge in [0.15, 0.2) is 19.0 Å². The molecule has 0 radical (unpaired) electrons. The van der Waals surface area contributed by atoms with Gasteiger partial charge in [-0.05, 0) is 68.5 Å². The topological polar surface area (TPSA) is 94.6 Å². The molecule has 2 aromatic carbocycles. The zero-order chi connectivity index (χ0) is 22.2. The van der Waals surface area contributed by atoms with Gasteiger partial charge < -0.3 is 14.8 Å². The highest BCUT2D eigenvalue weighted by atomic mass is 16.5. The first-order valence-electron chi connectivity index (χ1n) is 10.7. The van der Waals surface area contributed by atoms with Crippen LogP contribution in [0.15, 0.2) is 36.4 Å². The molecule has 1 aliphatic heterocycles. The monoisotopic (exact) mass is 430 g/mol. The maximum Gasteiger partial charge on any atom is 0.339 e. The average molecular weight is 430 g/mol. The average Bonchev–Trinajstić information content (AvgIpc) is 2.80. The largest absolute Gasteiger partial charge is 0.482 e. The van der Waals surface area contributed by atoms with Crippen molar-refractivity contribution < 1.29 is 23.9 Å². The van der Waals surface area contributed by atoms with Crippen LogP contribution >= 0.6 is 0 Å². The number of benzene rings is 2. The Hall–Kier alpha value is -3.74. The summed E-state index contributed by atoms with van der Waals surface area (Å²) in [4.78, 5) is 42.2. The lowest BCUT2D eigenvalue weighted by Gasteiger charge is -2.20. The number of aromatic nitrogens is 1. The number of nitrogens with zero attached hydrogens (tertiary/aromatic N) is 1. The van der Waals surface area contributed by atoms with Crippen molar-refractivity contribution in [3.05, 3.63) is 64.3 Å². The summed E-state index contributed by atoms with van der Waals surface area (Å²) < 4.78 is 10.8. The highest BCUT2D eigenvalue weighted by Crippen LogP contribution is 2.31. The minimum atomic E-state index is -0.510. The van der Waals surface area contributed by atoms with E-state index in [1.807, 2.05) is 25.1 Å². The molecule has 7 heteroatoms. The van der Waals surface area contributed by atoms with Crippen LogP contribution in [-0.2, 0) is 22.4 Å². The van der Waals surface area contributed by atoms with Gasteiger partial charge in [0.1, 0.15) is 5.75 Å². The predicted molar refractivity (Wildman–Crippen MR) is 118 cm³/mol. The van der Waals surface area contributed by atoms with Crippen LogP contribution < -0.4 is 10.1 Å². The number of ether oxygens (including phenoxy) is 2. The summed E-state index contributed by atoms with van der Waals surface area (Å²) in [5.41, 5.74) is 4.95. The van der Waals surface area contributed by atoms with Crippen LogP contribution in [0.5, 0.6) is 5.75 Å². The molecule has 5 rings (SSSR count). The Kier molecular flexibility index (Phi) is 5.09. The standard InChI is InChI=1S/C25H22N2O5/c1-14-6-8-19-17(10-14)24(16-4-2-3-5-18(16)26-19)25(30)32-12-21(28)15-7-9-22-20(11-15)27-23(29)13-31-22/h6-11H,2-5,12-13H2,1H3,(H,27,29). The number of Topliss-reactive ketones (excluding diaryl/α,β-unsaturated/α-hetero) is 1. The van der Waals surface area contributed by atoms with E-state index in [1.54, 1.807) is 12.1 Å². The fraction of sp³-hybridized carbons (Fsp3) is 0.280. The second-order valence-electron chi connectivity index (χ2n) is 8.19. The molecule has 0 bridgehead atoms. The molecule has 0 atom stereocenters. The van der Waals surface area contributed by atoms with E-state index in [1.165, 1.54) is 6.07 Å². The normalized spacial score (nSPS) is 14.7. The van der Waals surface area contributed by atoms with Crippen molar-refractivity contribution in [1.29, 1.82) is 0 Å². The first kappa shape index (κ1) is 20.2. The van der Waals surface area contributed by atoms with E-state index in [0.717, 1.165) is 53.4 Å². The molecule has 0 saturated heterocycles. The molecule has 2 heterocycles. The molecule has 32 heavy (non-hydrogen) atoms. The maximum absolute atomic E-state index is 13.2. The van der Waals surface area contributed by atoms with Crippen molar-refractivity contribution >= 4 is 34.3 Å². The molecule has 0 fully saturated rings. The number of nitrogens with one attached hydrogen (secondary N) is 1.